The number of carbonyl (C=O) groups is 1. The molecule has 0 unspecified atom stereocenters. The molecule has 0 aromatic heterocycles. The van der Waals surface area contributed by atoms with Crippen LogP contribution in [0.5, 0.6) is 0 Å². The predicted molar refractivity (Wildman–Crippen MR) is 50.0 cm³/mol. The van der Waals surface area contributed by atoms with E-state index in [0.29, 0.717) is 0 Å². The second-order valence-electron chi connectivity index (χ2n) is 3.95. The van der Waals surface area contributed by atoms with Crippen molar-refractivity contribution in [2.45, 2.75) is 43.9 Å². The monoisotopic (exact) mass is 214 g/mol. The van der Waals surface area contributed by atoms with Crippen LogP contribution in [0.25, 0.3) is 0 Å². The van der Waals surface area contributed by atoms with Crippen LogP contribution < -0.4 is 0 Å². The number of carbonyl (C=O) groups excluding carboxylic acids is 1. The highest BCUT2D eigenvalue weighted by molar-refractivity contribution is 5.78. The van der Waals surface area contributed by atoms with E-state index >= 15 is 0 Å². The van der Waals surface area contributed by atoms with Gasteiger partial charge in [0, 0.05) is 6.42 Å². The van der Waals surface area contributed by atoms with Crippen LogP contribution in [0.2, 0.25) is 0 Å². The van der Waals surface area contributed by atoms with Crippen LogP contribution in [-0.2, 0) is 14.3 Å². The molecular weight excluding hydrogens is 200 g/mol. The van der Waals surface area contributed by atoms with Gasteiger partial charge in [0.15, 0.2) is 6.10 Å². The van der Waals surface area contributed by atoms with Crippen LogP contribution >= 0.6 is 0 Å². The normalized spacial score (nSPS) is 47.7. The van der Waals surface area contributed by atoms with Gasteiger partial charge < -0.3 is 19.7 Å². The van der Waals surface area contributed by atoms with Crippen molar-refractivity contribution in [3.8, 4) is 0 Å². The van der Waals surface area contributed by atoms with Gasteiger partial charge in [-0.05, 0) is 6.92 Å². The van der Waals surface area contributed by atoms with Gasteiger partial charge in [-0.15, -0.1) is 0 Å². The standard InChI is InChI=1S/C10H14O5/c1-5-4-7(12)6(11)2-3-8-9(15-8)10(13)14-5/h2-3,5-9,11-12H,4H2,1H3/b3-2+/t5-,6+,7-,8-,9-/m1/s1. The van der Waals surface area contributed by atoms with Crippen LogP contribution in [0.3, 0.4) is 0 Å². The van der Waals surface area contributed by atoms with E-state index in [9.17, 15) is 15.0 Å². The Kier molecular flexibility index (Phi) is 2.77. The van der Waals surface area contributed by atoms with Crippen LogP contribution in [0.1, 0.15) is 13.3 Å². The molecule has 2 N–H and O–H groups in total. The lowest BCUT2D eigenvalue weighted by Gasteiger charge is -2.19. The molecule has 2 rings (SSSR count). The molecule has 0 amide bonds. The number of fused-ring (bicyclic) bond motifs is 1. The van der Waals surface area contributed by atoms with E-state index in [2.05, 4.69) is 0 Å². The molecule has 0 aromatic carbocycles. The van der Waals surface area contributed by atoms with Gasteiger partial charge in [-0.3, -0.25) is 0 Å². The van der Waals surface area contributed by atoms with Gasteiger partial charge in [-0.2, -0.15) is 0 Å². The molecule has 1 fully saturated rings. The zero-order chi connectivity index (χ0) is 11.0. The van der Waals surface area contributed by atoms with Gasteiger partial charge in [-0.1, -0.05) is 12.2 Å². The molecule has 2 aliphatic rings. The molecule has 5 atom stereocenters. The average molecular weight is 214 g/mol. The fraction of sp³-hybridized carbons (Fsp3) is 0.700. The molecule has 0 radical (unpaired) electrons. The van der Waals surface area contributed by atoms with Crippen LogP contribution in [-0.4, -0.2) is 46.7 Å². The highest BCUT2D eigenvalue weighted by atomic mass is 16.6. The number of epoxide rings is 1. The molecule has 5 heteroatoms. The largest absolute Gasteiger partial charge is 0.461 e. The predicted octanol–water partition coefficient (Wildman–Crippen LogP) is -0.633. The molecule has 5 nitrogen and oxygen atoms in total. The molecule has 0 aliphatic carbocycles. The fourth-order valence-corrected chi connectivity index (χ4v) is 1.60. The molecular formula is C10H14O5. The summed E-state index contributed by atoms with van der Waals surface area (Å²) in [4.78, 5) is 11.3. The van der Waals surface area contributed by atoms with Crippen molar-refractivity contribution >= 4 is 5.97 Å². The first kappa shape index (κ1) is 10.6. The summed E-state index contributed by atoms with van der Waals surface area (Å²) in [5.74, 6) is -0.402. The zero-order valence-electron chi connectivity index (χ0n) is 8.37. The van der Waals surface area contributed by atoms with E-state index < -0.39 is 30.4 Å². The Morgan fingerprint density at radius 1 is 1.40 bits per heavy atom. The minimum absolute atomic E-state index is 0.217. The van der Waals surface area contributed by atoms with Crippen molar-refractivity contribution < 1.29 is 24.5 Å². The molecule has 0 bridgehead atoms. The molecule has 0 spiro atoms. The number of ether oxygens (including phenoxy) is 2. The van der Waals surface area contributed by atoms with E-state index in [0.717, 1.165) is 0 Å². The third-order valence-corrected chi connectivity index (χ3v) is 2.54. The summed E-state index contributed by atoms with van der Waals surface area (Å²) in [6.07, 6.45) is 0.133. The summed E-state index contributed by atoms with van der Waals surface area (Å²) in [6.45, 7) is 1.68. The summed E-state index contributed by atoms with van der Waals surface area (Å²) in [7, 11) is 0. The summed E-state index contributed by atoms with van der Waals surface area (Å²) in [5, 5.41) is 19.0. The average Bonchev–Trinajstić information content (AvgIpc) is 2.91. The zero-order valence-corrected chi connectivity index (χ0v) is 8.37. The van der Waals surface area contributed by atoms with E-state index in [1.54, 1.807) is 13.0 Å². The topological polar surface area (TPSA) is 79.3 Å². The van der Waals surface area contributed by atoms with Gasteiger partial charge in [0.2, 0.25) is 0 Å². The third kappa shape index (κ3) is 2.37. The molecule has 0 saturated carbocycles. The number of esters is 1. The first-order valence-electron chi connectivity index (χ1n) is 4.98. The Morgan fingerprint density at radius 2 is 2.13 bits per heavy atom. The molecule has 2 aliphatic heterocycles. The van der Waals surface area contributed by atoms with E-state index in [1.807, 2.05) is 0 Å². The maximum atomic E-state index is 11.3. The highest BCUT2D eigenvalue weighted by Gasteiger charge is 2.45. The van der Waals surface area contributed by atoms with Gasteiger partial charge in [0.25, 0.3) is 0 Å². The SMILES string of the molecule is C[C@@H]1C[C@@H](O)[C@@H](O)/C=C/[C@H]2O[C@H]2C(=O)O1. The molecule has 84 valence electrons. The second kappa shape index (κ2) is 3.92. The van der Waals surface area contributed by atoms with Crippen molar-refractivity contribution in [2.24, 2.45) is 0 Å². The maximum absolute atomic E-state index is 11.3. The summed E-state index contributed by atoms with van der Waals surface area (Å²) in [5.41, 5.74) is 0. The van der Waals surface area contributed by atoms with E-state index in [1.165, 1.54) is 6.08 Å². The first-order chi connectivity index (χ1) is 7.08. The van der Waals surface area contributed by atoms with Crippen molar-refractivity contribution in [2.75, 3.05) is 0 Å². The Balaban J connectivity index is 2.09. The van der Waals surface area contributed by atoms with Gasteiger partial charge in [-0.25, -0.2) is 4.79 Å². The maximum Gasteiger partial charge on any atom is 0.338 e. The van der Waals surface area contributed by atoms with Crippen molar-refractivity contribution in [1.29, 1.82) is 0 Å². The lowest BCUT2D eigenvalue weighted by Crippen LogP contribution is -2.31. The molecule has 0 aromatic rings. The third-order valence-electron chi connectivity index (χ3n) is 2.54. The van der Waals surface area contributed by atoms with E-state index in [4.69, 9.17) is 9.47 Å². The lowest BCUT2D eigenvalue weighted by molar-refractivity contribution is -0.151. The van der Waals surface area contributed by atoms with Crippen molar-refractivity contribution in [3.63, 3.8) is 0 Å². The first-order valence-corrected chi connectivity index (χ1v) is 4.98. The van der Waals surface area contributed by atoms with Gasteiger partial charge in [0.1, 0.15) is 12.2 Å². The van der Waals surface area contributed by atoms with Crippen LogP contribution in [0.4, 0.5) is 0 Å². The highest BCUT2D eigenvalue weighted by Crippen LogP contribution is 2.27. The van der Waals surface area contributed by atoms with Crippen molar-refractivity contribution in [3.05, 3.63) is 12.2 Å². The Labute approximate surface area is 87.3 Å². The molecule has 2 heterocycles. The summed E-state index contributed by atoms with van der Waals surface area (Å²) in [6, 6.07) is 0. The fourth-order valence-electron chi connectivity index (χ4n) is 1.60. The minimum Gasteiger partial charge on any atom is -0.461 e. The van der Waals surface area contributed by atoms with Crippen molar-refractivity contribution in [1.82, 2.24) is 0 Å². The van der Waals surface area contributed by atoms with Crippen LogP contribution in [0.15, 0.2) is 12.2 Å². The smallest absolute Gasteiger partial charge is 0.338 e. The number of aliphatic hydroxyl groups is 2. The number of aliphatic hydroxyl groups excluding tert-OH is 2. The second-order valence-corrected chi connectivity index (χ2v) is 3.95. The number of hydrogen-bond acceptors (Lipinski definition) is 5. The molecule has 15 heavy (non-hydrogen) atoms. The summed E-state index contributed by atoms with van der Waals surface area (Å²) < 4.78 is 10.1. The van der Waals surface area contributed by atoms with Gasteiger partial charge in [0.05, 0.1) is 12.2 Å². The number of rotatable bonds is 0. The van der Waals surface area contributed by atoms with E-state index in [-0.39, 0.29) is 12.5 Å². The Bertz CT molecular complexity index is 288. The number of cyclic esters (lactones) is 1. The van der Waals surface area contributed by atoms with Crippen LogP contribution in [0, 0.1) is 0 Å². The Morgan fingerprint density at radius 3 is 2.87 bits per heavy atom. The molecule has 1 saturated heterocycles. The quantitative estimate of drug-likeness (QED) is 0.319. The lowest BCUT2D eigenvalue weighted by atomic mass is 10.1. The van der Waals surface area contributed by atoms with Gasteiger partial charge >= 0.3 is 5.97 Å². The Hall–Kier alpha value is -0.910. The summed E-state index contributed by atoms with van der Waals surface area (Å²) >= 11 is 0. The minimum atomic E-state index is -0.936. The number of hydrogen-bond donors (Lipinski definition) is 2.